The SMILES string of the molecule is COc1ccc(C)cc1NC(=O)[C@H]1CC(C)C[C@H]1C(=O)O. The lowest BCUT2D eigenvalue weighted by Gasteiger charge is -2.17. The van der Waals surface area contributed by atoms with Gasteiger partial charge in [0.05, 0.1) is 24.6 Å². The van der Waals surface area contributed by atoms with Gasteiger partial charge in [-0.05, 0) is 43.4 Å². The Morgan fingerprint density at radius 3 is 2.57 bits per heavy atom. The smallest absolute Gasteiger partial charge is 0.307 e. The van der Waals surface area contributed by atoms with Gasteiger partial charge in [-0.25, -0.2) is 0 Å². The van der Waals surface area contributed by atoms with Crippen LogP contribution in [0.5, 0.6) is 5.75 Å². The Bertz CT molecular complexity index is 555. The number of carbonyl (C=O) groups is 2. The predicted octanol–water partition coefficient (Wildman–Crippen LogP) is 2.69. The minimum absolute atomic E-state index is 0.240. The van der Waals surface area contributed by atoms with Crippen LogP contribution in [0.1, 0.15) is 25.3 Å². The Balaban J connectivity index is 2.18. The van der Waals surface area contributed by atoms with Gasteiger partial charge in [-0.15, -0.1) is 0 Å². The van der Waals surface area contributed by atoms with Crippen LogP contribution >= 0.6 is 0 Å². The van der Waals surface area contributed by atoms with E-state index in [1.165, 1.54) is 7.11 Å². The highest BCUT2D eigenvalue weighted by Gasteiger charge is 2.41. The van der Waals surface area contributed by atoms with Gasteiger partial charge in [0.15, 0.2) is 0 Å². The molecule has 0 aromatic heterocycles. The molecule has 1 aliphatic carbocycles. The van der Waals surface area contributed by atoms with Crippen LogP contribution in [0.2, 0.25) is 0 Å². The second-order valence-corrected chi connectivity index (χ2v) is 5.82. The number of anilines is 1. The van der Waals surface area contributed by atoms with Crippen molar-refractivity contribution in [1.29, 1.82) is 0 Å². The number of hydrogen-bond donors (Lipinski definition) is 2. The number of carboxylic acids is 1. The van der Waals surface area contributed by atoms with Crippen LogP contribution in [-0.2, 0) is 9.59 Å². The number of aliphatic carboxylic acids is 1. The first-order chi connectivity index (χ1) is 9.92. The van der Waals surface area contributed by atoms with Crippen molar-refractivity contribution >= 4 is 17.6 Å². The quantitative estimate of drug-likeness (QED) is 0.894. The Hall–Kier alpha value is -2.04. The summed E-state index contributed by atoms with van der Waals surface area (Å²) in [5, 5.41) is 12.1. The van der Waals surface area contributed by atoms with E-state index < -0.39 is 17.8 Å². The molecule has 114 valence electrons. The zero-order valence-corrected chi connectivity index (χ0v) is 12.6. The van der Waals surface area contributed by atoms with Crippen LogP contribution in [0, 0.1) is 24.7 Å². The summed E-state index contributed by atoms with van der Waals surface area (Å²) in [4.78, 5) is 23.7. The minimum Gasteiger partial charge on any atom is -0.495 e. The molecule has 1 aliphatic rings. The van der Waals surface area contributed by atoms with Gasteiger partial charge in [0.25, 0.3) is 0 Å². The van der Waals surface area contributed by atoms with Gasteiger partial charge < -0.3 is 15.2 Å². The Kier molecular flexibility index (Phi) is 4.50. The largest absolute Gasteiger partial charge is 0.495 e. The highest BCUT2D eigenvalue weighted by atomic mass is 16.5. The molecule has 5 nitrogen and oxygen atoms in total. The third-order valence-corrected chi connectivity index (χ3v) is 4.07. The fourth-order valence-electron chi connectivity index (χ4n) is 3.00. The summed E-state index contributed by atoms with van der Waals surface area (Å²) in [5.74, 6) is -1.39. The number of rotatable bonds is 4. The molecular formula is C16H21NO4. The maximum Gasteiger partial charge on any atom is 0.307 e. The number of hydrogen-bond acceptors (Lipinski definition) is 3. The highest BCUT2D eigenvalue weighted by molar-refractivity contribution is 5.96. The lowest BCUT2D eigenvalue weighted by Crippen LogP contribution is -2.30. The molecule has 2 N–H and O–H groups in total. The lowest BCUT2D eigenvalue weighted by atomic mass is 9.95. The van der Waals surface area contributed by atoms with Crippen molar-refractivity contribution < 1.29 is 19.4 Å². The Morgan fingerprint density at radius 2 is 1.95 bits per heavy atom. The van der Waals surface area contributed by atoms with Gasteiger partial charge in [-0.3, -0.25) is 9.59 Å². The molecule has 21 heavy (non-hydrogen) atoms. The van der Waals surface area contributed by atoms with Gasteiger partial charge in [-0.1, -0.05) is 13.0 Å². The van der Waals surface area contributed by atoms with Crippen molar-refractivity contribution in [3.63, 3.8) is 0 Å². The fourth-order valence-corrected chi connectivity index (χ4v) is 3.00. The second kappa shape index (κ2) is 6.16. The summed E-state index contributed by atoms with van der Waals surface area (Å²) in [7, 11) is 1.54. The zero-order chi connectivity index (χ0) is 15.6. The van der Waals surface area contributed by atoms with Crippen LogP contribution < -0.4 is 10.1 Å². The standard InChI is InChI=1S/C16H21NO4/c1-9-4-5-14(21-3)13(8-9)17-15(18)11-6-10(2)7-12(11)16(19)20/h4-5,8,10-12H,6-7H2,1-3H3,(H,17,18)(H,19,20)/t10?,11-,12+/m0/s1. The number of methoxy groups -OCH3 is 1. The van der Waals surface area contributed by atoms with E-state index >= 15 is 0 Å². The molecule has 1 aromatic rings. The molecule has 1 amide bonds. The molecule has 2 rings (SSSR count). The van der Waals surface area contributed by atoms with Crippen LogP contribution in [0.4, 0.5) is 5.69 Å². The molecule has 3 atom stereocenters. The number of carboxylic acid groups (broad SMARTS) is 1. The van der Waals surface area contributed by atoms with Gasteiger partial charge in [0.2, 0.25) is 5.91 Å². The van der Waals surface area contributed by atoms with Crippen molar-refractivity contribution in [3.05, 3.63) is 23.8 Å². The van der Waals surface area contributed by atoms with E-state index in [1.54, 1.807) is 6.07 Å². The number of ether oxygens (including phenoxy) is 1. The first-order valence-corrected chi connectivity index (χ1v) is 7.10. The molecule has 0 spiro atoms. The molecule has 1 saturated carbocycles. The van der Waals surface area contributed by atoms with Crippen molar-refractivity contribution in [1.82, 2.24) is 0 Å². The average molecular weight is 291 g/mol. The van der Waals surface area contributed by atoms with E-state index in [0.29, 0.717) is 24.3 Å². The molecule has 1 unspecified atom stereocenters. The molecule has 0 bridgehead atoms. The summed E-state index contributed by atoms with van der Waals surface area (Å²) in [5.41, 5.74) is 1.59. The van der Waals surface area contributed by atoms with Gasteiger partial charge >= 0.3 is 5.97 Å². The van der Waals surface area contributed by atoms with Crippen molar-refractivity contribution in [3.8, 4) is 5.75 Å². The summed E-state index contributed by atoms with van der Waals surface area (Å²) < 4.78 is 5.23. The van der Waals surface area contributed by atoms with Crippen molar-refractivity contribution in [2.75, 3.05) is 12.4 Å². The van der Waals surface area contributed by atoms with E-state index in [2.05, 4.69) is 5.32 Å². The first kappa shape index (κ1) is 15.4. The molecule has 0 saturated heterocycles. The molecule has 0 aliphatic heterocycles. The normalized spacial score (nSPS) is 24.6. The van der Waals surface area contributed by atoms with Crippen molar-refractivity contribution in [2.45, 2.75) is 26.7 Å². The van der Waals surface area contributed by atoms with E-state index in [0.717, 1.165) is 5.56 Å². The van der Waals surface area contributed by atoms with Gasteiger partial charge in [0, 0.05) is 0 Å². The molecule has 0 radical (unpaired) electrons. The van der Waals surface area contributed by atoms with Crippen LogP contribution in [-0.4, -0.2) is 24.1 Å². The maximum atomic E-state index is 12.4. The monoisotopic (exact) mass is 291 g/mol. The molecule has 1 fully saturated rings. The number of aryl methyl sites for hydroxylation is 1. The maximum absolute atomic E-state index is 12.4. The van der Waals surface area contributed by atoms with Crippen molar-refractivity contribution in [2.24, 2.45) is 17.8 Å². The summed E-state index contributed by atoms with van der Waals surface area (Å²) >= 11 is 0. The number of carbonyl (C=O) groups excluding carboxylic acids is 1. The number of nitrogens with one attached hydrogen (secondary N) is 1. The first-order valence-electron chi connectivity index (χ1n) is 7.10. The van der Waals surface area contributed by atoms with Gasteiger partial charge in [-0.2, -0.15) is 0 Å². The second-order valence-electron chi connectivity index (χ2n) is 5.82. The fraction of sp³-hybridized carbons (Fsp3) is 0.500. The van der Waals surface area contributed by atoms with Crippen LogP contribution in [0.15, 0.2) is 18.2 Å². The lowest BCUT2D eigenvalue weighted by molar-refractivity contribution is -0.145. The van der Waals surface area contributed by atoms with E-state index in [-0.39, 0.29) is 11.8 Å². The number of amides is 1. The van der Waals surface area contributed by atoms with E-state index in [4.69, 9.17) is 4.74 Å². The molecular weight excluding hydrogens is 270 g/mol. The Morgan fingerprint density at radius 1 is 1.29 bits per heavy atom. The highest BCUT2D eigenvalue weighted by Crippen LogP contribution is 2.37. The predicted molar refractivity (Wildman–Crippen MR) is 79.4 cm³/mol. The molecule has 1 aromatic carbocycles. The molecule has 0 heterocycles. The van der Waals surface area contributed by atoms with Crippen LogP contribution in [0.25, 0.3) is 0 Å². The molecule has 5 heteroatoms. The van der Waals surface area contributed by atoms with E-state index in [1.807, 2.05) is 26.0 Å². The van der Waals surface area contributed by atoms with Crippen LogP contribution in [0.3, 0.4) is 0 Å². The topological polar surface area (TPSA) is 75.6 Å². The minimum atomic E-state index is -0.893. The van der Waals surface area contributed by atoms with Gasteiger partial charge in [0.1, 0.15) is 5.75 Å². The Labute approximate surface area is 124 Å². The summed E-state index contributed by atoms with van der Waals surface area (Å²) in [6.07, 6.45) is 1.16. The summed E-state index contributed by atoms with van der Waals surface area (Å²) in [6, 6.07) is 5.51. The third kappa shape index (κ3) is 3.35. The third-order valence-electron chi connectivity index (χ3n) is 4.07. The number of benzene rings is 1. The van der Waals surface area contributed by atoms with E-state index in [9.17, 15) is 14.7 Å². The zero-order valence-electron chi connectivity index (χ0n) is 12.6. The average Bonchev–Trinajstić information content (AvgIpc) is 2.81. The summed E-state index contributed by atoms with van der Waals surface area (Å²) in [6.45, 7) is 3.91.